The number of anilines is 1. The molecule has 3 aromatic rings. The lowest BCUT2D eigenvalue weighted by atomic mass is 10.2. The Kier molecular flexibility index (Phi) is 5.03. The molecule has 0 unspecified atom stereocenters. The second kappa shape index (κ2) is 7.56. The first-order valence-electron chi connectivity index (χ1n) is 8.05. The average molecular weight is 341 g/mol. The first-order chi connectivity index (χ1) is 12.2. The van der Waals surface area contributed by atoms with Crippen LogP contribution in [0.15, 0.2) is 34.9 Å². The standard InChI is InChI=1S/C16H19N7O2/c1-3-12-9-14(25-20-12)10-17-16(24)18-13-7-5-6-11(8-13)15-19-21-22-23(15)4-2/h5-9H,3-4,10H2,1-2H3,(H2,17,18,24). The number of aryl methyl sites for hydroxylation is 2. The summed E-state index contributed by atoms with van der Waals surface area (Å²) in [5.74, 6) is 1.27. The maximum absolute atomic E-state index is 12.1. The summed E-state index contributed by atoms with van der Waals surface area (Å²) in [7, 11) is 0. The number of hydrogen-bond acceptors (Lipinski definition) is 6. The fourth-order valence-corrected chi connectivity index (χ4v) is 2.31. The van der Waals surface area contributed by atoms with Crippen LogP contribution in [0.25, 0.3) is 11.4 Å². The largest absolute Gasteiger partial charge is 0.359 e. The van der Waals surface area contributed by atoms with Gasteiger partial charge in [-0.25, -0.2) is 9.48 Å². The SMILES string of the molecule is CCc1cc(CNC(=O)Nc2cccc(-c3nnnn3CC)c2)on1. The number of benzene rings is 1. The molecular formula is C16H19N7O2. The van der Waals surface area contributed by atoms with E-state index in [-0.39, 0.29) is 12.6 Å². The first-order valence-corrected chi connectivity index (χ1v) is 8.05. The third kappa shape index (κ3) is 4.00. The van der Waals surface area contributed by atoms with Crippen molar-refractivity contribution in [1.82, 2.24) is 30.7 Å². The van der Waals surface area contributed by atoms with Crippen molar-refractivity contribution in [2.75, 3.05) is 5.32 Å². The van der Waals surface area contributed by atoms with Crippen LogP contribution in [-0.4, -0.2) is 31.4 Å². The summed E-state index contributed by atoms with van der Waals surface area (Å²) in [4.78, 5) is 12.1. The normalized spacial score (nSPS) is 10.6. The number of aromatic nitrogens is 5. The van der Waals surface area contributed by atoms with E-state index in [1.165, 1.54) is 0 Å². The number of nitrogens with one attached hydrogen (secondary N) is 2. The van der Waals surface area contributed by atoms with Crippen LogP contribution in [0.1, 0.15) is 25.3 Å². The Hall–Kier alpha value is -3.23. The van der Waals surface area contributed by atoms with Crippen molar-refractivity contribution in [1.29, 1.82) is 0 Å². The maximum atomic E-state index is 12.1. The molecule has 9 nitrogen and oxygen atoms in total. The summed E-state index contributed by atoms with van der Waals surface area (Å²) >= 11 is 0. The average Bonchev–Trinajstić information content (AvgIpc) is 3.29. The van der Waals surface area contributed by atoms with Crippen LogP contribution in [0.4, 0.5) is 10.5 Å². The molecule has 130 valence electrons. The lowest BCUT2D eigenvalue weighted by molar-refractivity contribution is 0.250. The minimum atomic E-state index is -0.332. The molecule has 2 heterocycles. The Bertz CT molecular complexity index is 856. The smallest absolute Gasteiger partial charge is 0.319 e. The fraction of sp³-hybridized carbons (Fsp3) is 0.312. The van der Waals surface area contributed by atoms with E-state index in [1.54, 1.807) is 10.7 Å². The number of tetrazole rings is 1. The zero-order chi connectivity index (χ0) is 17.6. The lowest BCUT2D eigenvalue weighted by Crippen LogP contribution is -2.28. The van der Waals surface area contributed by atoms with Crippen LogP contribution >= 0.6 is 0 Å². The van der Waals surface area contributed by atoms with Crippen LogP contribution in [0.5, 0.6) is 0 Å². The molecule has 0 aliphatic carbocycles. The fourth-order valence-electron chi connectivity index (χ4n) is 2.31. The van der Waals surface area contributed by atoms with E-state index < -0.39 is 0 Å². The highest BCUT2D eigenvalue weighted by Gasteiger charge is 2.10. The van der Waals surface area contributed by atoms with Crippen molar-refractivity contribution in [3.63, 3.8) is 0 Å². The number of carbonyl (C=O) groups excluding carboxylic acids is 1. The number of carbonyl (C=O) groups is 1. The molecule has 0 bridgehead atoms. The van der Waals surface area contributed by atoms with Crippen LogP contribution in [0.2, 0.25) is 0 Å². The summed E-state index contributed by atoms with van der Waals surface area (Å²) in [6.07, 6.45) is 0.791. The molecule has 9 heteroatoms. The molecule has 0 aliphatic heterocycles. The van der Waals surface area contributed by atoms with E-state index >= 15 is 0 Å². The zero-order valence-corrected chi connectivity index (χ0v) is 14.1. The van der Waals surface area contributed by atoms with Crippen molar-refractivity contribution in [2.45, 2.75) is 33.4 Å². The molecule has 0 spiro atoms. The molecule has 2 N–H and O–H groups in total. The highest BCUT2D eigenvalue weighted by Crippen LogP contribution is 2.20. The minimum Gasteiger partial charge on any atom is -0.359 e. The van der Waals surface area contributed by atoms with Gasteiger partial charge in [0.15, 0.2) is 11.6 Å². The van der Waals surface area contributed by atoms with Gasteiger partial charge in [-0.05, 0) is 35.9 Å². The molecule has 0 saturated heterocycles. The maximum Gasteiger partial charge on any atom is 0.319 e. The van der Waals surface area contributed by atoms with Gasteiger partial charge in [0.05, 0.1) is 12.2 Å². The van der Waals surface area contributed by atoms with Crippen LogP contribution in [0.3, 0.4) is 0 Å². The van der Waals surface area contributed by atoms with Crippen molar-refractivity contribution < 1.29 is 9.32 Å². The van der Waals surface area contributed by atoms with E-state index in [0.29, 0.717) is 23.8 Å². The Morgan fingerprint density at radius 1 is 1.28 bits per heavy atom. The molecular weight excluding hydrogens is 322 g/mol. The minimum absolute atomic E-state index is 0.270. The second-order valence-electron chi connectivity index (χ2n) is 5.34. The van der Waals surface area contributed by atoms with Gasteiger partial charge in [0.25, 0.3) is 0 Å². The Morgan fingerprint density at radius 3 is 2.92 bits per heavy atom. The third-order valence-corrected chi connectivity index (χ3v) is 3.60. The quantitative estimate of drug-likeness (QED) is 0.711. The number of urea groups is 1. The van der Waals surface area contributed by atoms with Crippen LogP contribution < -0.4 is 10.6 Å². The Morgan fingerprint density at radius 2 is 2.16 bits per heavy atom. The molecule has 1 aromatic carbocycles. The predicted octanol–water partition coefficient (Wildman–Crippen LogP) is 2.23. The van der Waals surface area contributed by atoms with E-state index in [1.807, 2.05) is 38.1 Å². The highest BCUT2D eigenvalue weighted by molar-refractivity contribution is 5.89. The van der Waals surface area contributed by atoms with Crippen molar-refractivity contribution in [3.8, 4) is 11.4 Å². The Labute approximate surface area is 144 Å². The predicted molar refractivity (Wildman–Crippen MR) is 90.7 cm³/mol. The molecule has 0 saturated carbocycles. The molecule has 0 atom stereocenters. The lowest BCUT2D eigenvalue weighted by Gasteiger charge is -2.08. The van der Waals surface area contributed by atoms with Crippen molar-refractivity contribution in [2.24, 2.45) is 0 Å². The molecule has 2 amide bonds. The highest BCUT2D eigenvalue weighted by atomic mass is 16.5. The zero-order valence-electron chi connectivity index (χ0n) is 14.1. The van der Waals surface area contributed by atoms with Gasteiger partial charge in [0.1, 0.15) is 0 Å². The summed E-state index contributed by atoms with van der Waals surface area (Å²) < 4.78 is 6.82. The molecule has 0 fully saturated rings. The summed E-state index contributed by atoms with van der Waals surface area (Å²) in [6, 6.07) is 8.84. The third-order valence-electron chi connectivity index (χ3n) is 3.60. The molecule has 0 aliphatic rings. The number of rotatable bonds is 6. The van der Waals surface area contributed by atoms with E-state index in [2.05, 4.69) is 31.3 Å². The van der Waals surface area contributed by atoms with Gasteiger partial charge in [-0.3, -0.25) is 0 Å². The van der Waals surface area contributed by atoms with E-state index in [4.69, 9.17) is 4.52 Å². The van der Waals surface area contributed by atoms with Gasteiger partial charge in [0.2, 0.25) is 0 Å². The van der Waals surface area contributed by atoms with Gasteiger partial charge < -0.3 is 15.2 Å². The second-order valence-corrected chi connectivity index (χ2v) is 5.34. The van der Waals surface area contributed by atoms with E-state index in [9.17, 15) is 4.79 Å². The monoisotopic (exact) mass is 341 g/mol. The van der Waals surface area contributed by atoms with Crippen LogP contribution in [0, 0.1) is 0 Å². The summed E-state index contributed by atoms with van der Waals surface area (Å²) in [6.45, 7) is 4.89. The molecule has 3 rings (SSSR count). The summed E-state index contributed by atoms with van der Waals surface area (Å²) in [5, 5.41) is 21.0. The first kappa shape index (κ1) is 16.6. The topological polar surface area (TPSA) is 111 Å². The van der Waals surface area contributed by atoms with Gasteiger partial charge in [-0.1, -0.05) is 24.2 Å². The number of nitrogens with zero attached hydrogens (tertiary/aromatic N) is 5. The van der Waals surface area contributed by atoms with E-state index in [0.717, 1.165) is 17.7 Å². The van der Waals surface area contributed by atoms with Gasteiger partial charge in [-0.2, -0.15) is 0 Å². The van der Waals surface area contributed by atoms with Crippen LogP contribution in [-0.2, 0) is 19.5 Å². The Balaban J connectivity index is 1.62. The van der Waals surface area contributed by atoms with Gasteiger partial charge >= 0.3 is 6.03 Å². The summed E-state index contributed by atoms with van der Waals surface area (Å²) in [5.41, 5.74) is 2.33. The molecule has 25 heavy (non-hydrogen) atoms. The van der Waals surface area contributed by atoms with Crippen molar-refractivity contribution >= 4 is 11.7 Å². The van der Waals surface area contributed by atoms with Gasteiger partial charge in [0, 0.05) is 23.9 Å². The molecule has 2 aromatic heterocycles. The van der Waals surface area contributed by atoms with Crippen molar-refractivity contribution in [3.05, 3.63) is 41.8 Å². The molecule has 0 radical (unpaired) electrons. The number of hydrogen-bond donors (Lipinski definition) is 2. The van der Waals surface area contributed by atoms with Gasteiger partial charge in [-0.15, -0.1) is 5.10 Å². The number of amides is 2.